The number of amides is 1. The molecule has 180 valence electrons. The van der Waals surface area contributed by atoms with Crippen LogP contribution in [0.15, 0.2) is 35.0 Å². The summed E-state index contributed by atoms with van der Waals surface area (Å²) in [6.07, 6.45) is 4.90. The van der Waals surface area contributed by atoms with E-state index in [0.29, 0.717) is 47.9 Å². The van der Waals surface area contributed by atoms with E-state index < -0.39 is 0 Å². The van der Waals surface area contributed by atoms with Crippen molar-refractivity contribution in [2.75, 3.05) is 24.6 Å². The number of halogens is 1. The molecular weight excluding hydrogens is 458 g/mol. The van der Waals surface area contributed by atoms with E-state index >= 15 is 0 Å². The molecule has 0 unspecified atom stereocenters. The van der Waals surface area contributed by atoms with Gasteiger partial charge in [-0.1, -0.05) is 18.5 Å². The number of hydrogen-bond donors (Lipinski definition) is 0. The molecular formula is C24H28ClN5O4. The van der Waals surface area contributed by atoms with Crippen LogP contribution in [0, 0.1) is 0 Å². The average Bonchev–Trinajstić information content (AvgIpc) is 3.25. The zero-order valence-corrected chi connectivity index (χ0v) is 20.3. The Bertz CT molecular complexity index is 1170. The van der Waals surface area contributed by atoms with Gasteiger partial charge in [0.25, 0.3) is 5.91 Å². The molecule has 1 saturated heterocycles. The van der Waals surface area contributed by atoms with Gasteiger partial charge in [0.15, 0.2) is 5.76 Å². The molecule has 0 aromatic carbocycles. The molecule has 2 atom stereocenters. The maximum absolute atomic E-state index is 13.3. The SMILES string of the molecule is CCCC(=O)OCCc1nccc(N2C[C@@H](C)N(C(=O)c3cc4c(Cl)nccc4o3)[C@@H](C)C2)n1. The summed E-state index contributed by atoms with van der Waals surface area (Å²) < 4.78 is 11.0. The van der Waals surface area contributed by atoms with E-state index in [1.165, 1.54) is 0 Å². The first-order valence-electron chi connectivity index (χ1n) is 11.5. The smallest absolute Gasteiger partial charge is 0.305 e. The van der Waals surface area contributed by atoms with Crippen molar-refractivity contribution in [3.8, 4) is 0 Å². The minimum Gasteiger partial charge on any atom is -0.465 e. The molecule has 0 N–H and O–H groups in total. The van der Waals surface area contributed by atoms with E-state index in [2.05, 4.69) is 19.9 Å². The molecule has 1 amide bonds. The molecule has 4 heterocycles. The van der Waals surface area contributed by atoms with Gasteiger partial charge < -0.3 is 19.0 Å². The van der Waals surface area contributed by atoms with Crippen molar-refractivity contribution in [3.05, 3.63) is 47.3 Å². The number of aromatic nitrogens is 3. The third-order valence-electron chi connectivity index (χ3n) is 5.82. The molecule has 0 saturated carbocycles. The van der Waals surface area contributed by atoms with Crippen LogP contribution in [0.2, 0.25) is 5.15 Å². The summed E-state index contributed by atoms with van der Waals surface area (Å²) in [7, 11) is 0. The fourth-order valence-electron chi connectivity index (χ4n) is 4.29. The predicted molar refractivity (Wildman–Crippen MR) is 128 cm³/mol. The van der Waals surface area contributed by atoms with Crippen molar-refractivity contribution in [2.24, 2.45) is 0 Å². The zero-order chi connectivity index (χ0) is 24.2. The minimum atomic E-state index is -0.204. The number of pyridine rings is 1. The van der Waals surface area contributed by atoms with E-state index in [-0.39, 0.29) is 36.3 Å². The molecule has 1 fully saturated rings. The quantitative estimate of drug-likeness (QED) is 0.367. The van der Waals surface area contributed by atoms with Gasteiger partial charge in [-0.2, -0.15) is 0 Å². The summed E-state index contributed by atoms with van der Waals surface area (Å²) in [6.45, 7) is 7.43. The van der Waals surface area contributed by atoms with E-state index in [1.54, 1.807) is 24.5 Å². The number of hydrogen-bond acceptors (Lipinski definition) is 8. The number of carbonyl (C=O) groups excluding carboxylic acids is 2. The van der Waals surface area contributed by atoms with Crippen LogP contribution in [0.3, 0.4) is 0 Å². The van der Waals surface area contributed by atoms with Crippen LogP contribution in [0.1, 0.15) is 50.0 Å². The Morgan fingerprint density at radius 2 is 1.91 bits per heavy atom. The van der Waals surface area contributed by atoms with E-state index in [4.69, 9.17) is 20.8 Å². The molecule has 0 spiro atoms. The first-order valence-corrected chi connectivity index (χ1v) is 11.8. The van der Waals surface area contributed by atoms with Gasteiger partial charge in [0.1, 0.15) is 22.4 Å². The highest BCUT2D eigenvalue weighted by atomic mass is 35.5. The normalized spacial score (nSPS) is 18.4. The number of piperazine rings is 1. The second-order valence-corrected chi connectivity index (χ2v) is 8.85. The van der Waals surface area contributed by atoms with Gasteiger partial charge >= 0.3 is 5.97 Å². The lowest BCUT2D eigenvalue weighted by molar-refractivity contribution is -0.143. The molecule has 3 aromatic heterocycles. The van der Waals surface area contributed by atoms with Crippen molar-refractivity contribution in [3.63, 3.8) is 0 Å². The Morgan fingerprint density at radius 3 is 2.62 bits per heavy atom. The van der Waals surface area contributed by atoms with Gasteiger partial charge in [-0.15, -0.1) is 0 Å². The minimum absolute atomic E-state index is 0.0773. The van der Waals surface area contributed by atoms with Crippen molar-refractivity contribution in [1.29, 1.82) is 0 Å². The number of esters is 1. The van der Waals surface area contributed by atoms with E-state index in [0.717, 1.165) is 12.2 Å². The van der Waals surface area contributed by atoms with E-state index in [1.807, 2.05) is 31.7 Å². The maximum atomic E-state index is 13.3. The highest BCUT2D eigenvalue weighted by molar-refractivity contribution is 6.34. The predicted octanol–water partition coefficient (Wildman–Crippen LogP) is 3.90. The molecule has 10 heteroatoms. The highest BCUT2D eigenvalue weighted by Gasteiger charge is 2.35. The molecule has 4 rings (SSSR count). The summed E-state index contributed by atoms with van der Waals surface area (Å²) in [5.74, 6) is 1.28. The third-order valence-corrected chi connectivity index (χ3v) is 6.12. The van der Waals surface area contributed by atoms with Gasteiger partial charge in [-0.3, -0.25) is 9.59 Å². The second kappa shape index (κ2) is 10.4. The summed E-state index contributed by atoms with van der Waals surface area (Å²) in [5.41, 5.74) is 0.538. The number of fused-ring (bicyclic) bond motifs is 1. The van der Waals surface area contributed by atoms with Crippen LogP contribution in [0.25, 0.3) is 11.0 Å². The second-order valence-electron chi connectivity index (χ2n) is 8.49. The van der Waals surface area contributed by atoms with Crippen molar-refractivity contribution >= 4 is 40.3 Å². The largest absolute Gasteiger partial charge is 0.465 e. The Labute approximate surface area is 203 Å². The molecule has 0 bridgehead atoms. The standard InChI is InChI=1S/C24H28ClN5O4/c1-4-5-22(31)33-11-8-20-26-10-7-21(28-20)29-13-15(2)30(16(3)14-29)24(32)19-12-17-18(34-19)6-9-27-23(17)25/h6-7,9-10,12,15-16H,4-5,8,11,13-14H2,1-3H3/t15-,16+. The zero-order valence-electron chi connectivity index (χ0n) is 19.5. The summed E-state index contributed by atoms with van der Waals surface area (Å²) in [5, 5.41) is 0.936. The topological polar surface area (TPSA) is 102 Å². The number of furan rings is 1. The number of carbonyl (C=O) groups is 2. The molecule has 34 heavy (non-hydrogen) atoms. The van der Waals surface area contributed by atoms with Crippen LogP contribution in [0.5, 0.6) is 0 Å². The fraction of sp³-hybridized carbons (Fsp3) is 0.458. The number of anilines is 1. The van der Waals surface area contributed by atoms with Gasteiger partial charge in [-0.05, 0) is 32.4 Å². The van der Waals surface area contributed by atoms with E-state index in [9.17, 15) is 9.59 Å². The monoisotopic (exact) mass is 485 g/mol. The van der Waals surface area contributed by atoms with Crippen LogP contribution in [-0.2, 0) is 16.0 Å². The first-order chi connectivity index (χ1) is 16.4. The summed E-state index contributed by atoms with van der Waals surface area (Å²) >= 11 is 6.14. The summed E-state index contributed by atoms with van der Waals surface area (Å²) in [6, 6.07) is 5.05. The third kappa shape index (κ3) is 5.14. The van der Waals surface area contributed by atoms with Crippen molar-refractivity contribution < 1.29 is 18.7 Å². The number of rotatable bonds is 7. The number of ether oxygens (including phenoxy) is 1. The Balaban J connectivity index is 1.43. The van der Waals surface area contributed by atoms with Crippen molar-refractivity contribution in [1.82, 2.24) is 19.9 Å². The average molecular weight is 486 g/mol. The molecule has 0 radical (unpaired) electrons. The van der Waals surface area contributed by atoms with Gasteiger partial charge in [-0.25, -0.2) is 15.0 Å². The lowest BCUT2D eigenvalue weighted by Crippen LogP contribution is -2.59. The molecule has 1 aliphatic rings. The molecule has 1 aliphatic heterocycles. The fourth-order valence-corrected chi connectivity index (χ4v) is 4.49. The molecule has 9 nitrogen and oxygen atoms in total. The number of nitrogens with zero attached hydrogens (tertiary/aromatic N) is 5. The Kier molecular flexibility index (Phi) is 7.31. The maximum Gasteiger partial charge on any atom is 0.305 e. The van der Waals surface area contributed by atoms with Crippen LogP contribution >= 0.6 is 11.6 Å². The van der Waals surface area contributed by atoms with Gasteiger partial charge in [0.2, 0.25) is 0 Å². The summed E-state index contributed by atoms with van der Waals surface area (Å²) in [4.78, 5) is 41.8. The highest BCUT2D eigenvalue weighted by Crippen LogP contribution is 2.28. The van der Waals surface area contributed by atoms with Crippen molar-refractivity contribution in [2.45, 2.75) is 52.1 Å². The van der Waals surface area contributed by atoms with Gasteiger partial charge in [0, 0.05) is 56.5 Å². The lowest BCUT2D eigenvalue weighted by atomic mass is 10.1. The van der Waals surface area contributed by atoms with Crippen LogP contribution < -0.4 is 4.90 Å². The Morgan fingerprint density at radius 1 is 1.18 bits per heavy atom. The first kappa shape index (κ1) is 23.9. The lowest BCUT2D eigenvalue weighted by Gasteiger charge is -2.44. The van der Waals surface area contributed by atoms with Gasteiger partial charge in [0.05, 0.1) is 12.0 Å². The van der Waals surface area contributed by atoms with Crippen LogP contribution in [0.4, 0.5) is 5.82 Å². The Hall–Kier alpha value is -3.20. The van der Waals surface area contributed by atoms with Crippen LogP contribution in [-0.4, -0.2) is 63.5 Å². The molecule has 3 aromatic rings. The molecule has 0 aliphatic carbocycles.